The molecule has 1 saturated carbocycles. The van der Waals surface area contributed by atoms with Crippen molar-refractivity contribution in [2.45, 2.75) is 56.1 Å². The van der Waals surface area contributed by atoms with Crippen molar-refractivity contribution in [2.24, 2.45) is 0 Å². The van der Waals surface area contributed by atoms with Crippen molar-refractivity contribution < 1.29 is 19.1 Å². The number of hydrogen-bond donors (Lipinski definition) is 0. The molecule has 2 aromatic carbocycles. The molecule has 6 nitrogen and oxygen atoms in total. The van der Waals surface area contributed by atoms with Crippen molar-refractivity contribution in [1.82, 2.24) is 9.80 Å². The number of likely N-dealkylation sites (N-methyl/N-ethyl adjacent to an activating group) is 1. The summed E-state index contributed by atoms with van der Waals surface area (Å²) in [5, 5.41) is 0.917. The topological polar surface area (TPSA) is 59.1 Å². The third-order valence-corrected chi connectivity index (χ3v) is 9.12. The van der Waals surface area contributed by atoms with Gasteiger partial charge < -0.3 is 14.4 Å². The molecule has 1 saturated heterocycles. The van der Waals surface area contributed by atoms with Crippen LogP contribution in [0.15, 0.2) is 55.1 Å². The zero-order valence-electron chi connectivity index (χ0n) is 22.3. The van der Waals surface area contributed by atoms with Crippen molar-refractivity contribution in [3.05, 3.63) is 76.3 Å². The van der Waals surface area contributed by atoms with E-state index in [0.29, 0.717) is 15.8 Å². The molecular weight excluding hydrogens is 523 g/mol. The maximum Gasteiger partial charge on any atom is 0.308 e. The number of ether oxygens (including phenoxy) is 2. The fourth-order valence-corrected chi connectivity index (χ4v) is 6.73. The number of esters is 1. The van der Waals surface area contributed by atoms with E-state index >= 15 is 0 Å². The third-order valence-electron chi connectivity index (χ3n) is 8.38. The first-order chi connectivity index (χ1) is 18.1. The first-order valence-electron chi connectivity index (χ1n) is 13.0. The predicted octanol–water partition coefficient (Wildman–Crippen LogP) is 5.69. The molecule has 1 aliphatic carbocycles. The summed E-state index contributed by atoms with van der Waals surface area (Å²) in [5.41, 5.74) is 1.09. The summed E-state index contributed by atoms with van der Waals surface area (Å²) in [6, 6.07) is 13.1. The lowest BCUT2D eigenvalue weighted by Gasteiger charge is -2.60. The lowest BCUT2D eigenvalue weighted by molar-refractivity contribution is -0.159. The fourth-order valence-electron chi connectivity index (χ4n) is 6.41. The lowest BCUT2D eigenvalue weighted by Crippen LogP contribution is -2.68. The van der Waals surface area contributed by atoms with E-state index in [1.54, 1.807) is 25.3 Å². The minimum atomic E-state index is -0.451. The Balaban J connectivity index is 1.66. The maximum absolute atomic E-state index is 13.4. The van der Waals surface area contributed by atoms with E-state index in [4.69, 9.17) is 32.7 Å². The Morgan fingerprint density at radius 2 is 1.97 bits per heavy atom. The molecule has 4 rings (SSSR count). The van der Waals surface area contributed by atoms with Gasteiger partial charge in [-0.1, -0.05) is 47.5 Å². The summed E-state index contributed by atoms with van der Waals surface area (Å²) in [5.74, 6) is 0.202. The van der Waals surface area contributed by atoms with E-state index in [1.165, 1.54) is 6.92 Å². The zero-order chi connectivity index (χ0) is 27.5. The van der Waals surface area contributed by atoms with Crippen molar-refractivity contribution in [3.8, 4) is 5.75 Å². The van der Waals surface area contributed by atoms with E-state index in [1.807, 2.05) is 36.2 Å². The molecule has 0 bridgehead atoms. The number of nitrogens with zero attached hydrogens (tertiary/aromatic N) is 2. The van der Waals surface area contributed by atoms with Gasteiger partial charge in [-0.25, -0.2) is 0 Å². The van der Waals surface area contributed by atoms with Gasteiger partial charge >= 0.3 is 5.97 Å². The second-order valence-electron chi connectivity index (χ2n) is 10.5. The SMILES string of the molecule is C=CCN1CC[C@@]2(c3cccc(OC(C)=O)c3)C[C@H](N(C)C(=O)Cc3ccc(Cl)c(Cl)c3)CC[C@]2(OC)C1. The molecule has 204 valence electrons. The van der Waals surface area contributed by atoms with Crippen LogP contribution in [0.3, 0.4) is 0 Å². The monoisotopic (exact) mass is 558 g/mol. The molecule has 1 amide bonds. The highest BCUT2D eigenvalue weighted by molar-refractivity contribution is 6.42. The van der Waals surface area contributed by atoms with Gasteiger partial charge in [-0.15, -0.1) is 6.58 Å². The molecule has 8 heteroatoms. The highest BCUT2D eigenvalue weighted by Crippen LogP contribution is 2.54. The quantitative estimate of drug-likeness (QED) is 0.237. The summed E-state index contributed by atoms with van der Waals surface area (Å²) in [4.78, 5) is 29.4. The highest BCUT2D eigenvalue weighted by atomic mass is 35.5. The van der Waals surface area contributed by atoms with Gasteiger partial charge in [0.15, 0.2) is 0 Å². The number of rotatable bonds is 8. The van der Waals surface area contributed by atoms with E-state index in [0.717, 1.165) is 56.4 Å². The maximum atomic E-state index is 13.4. The number of carbonyl (C=O) groups is 2. The number of amides is 1. The summed E-state index contributed by atoms with van der Waals surface area (Å²) in [7, 11) is 3.68. The van der Waals surface area contributed by atoms with E-state index in [2.05, 4.69) is 17.5 Å². The van der Waals surface area contributed by atoms with Crippen LogP contribution in [0.1, 0.15) is 43.7 Å². The molecule has 0 unspecified atom stereocenters. The van der Waals surface area contributed by atoms with Crippen LogP contribution in [0.25, 0.3) is 0 Å². The second kappa shape index (κ2) is 11.8. The molecule has 1 heterocycles. The molecular formula is C30H36Cl2N2O4. The Hall–Kier alpha value is -2.38. The Kier molecular flexibility index (Phi) is 8.88. The molecule has 38 heavy (non-hydrogen) atoms. The largest absolute Gasteiger partial charge is 0.427 e. The van der Waals surface area contributed by atoms with Gasteiger partial charge in [0, 0.05) is 45.6 Å². The highest BCUT2D eigenvalue weighted by Gasteiger charge is 2.59. The number of carbonyl (C=O) groups excluding carboxylic acids is 2. The van der Waals surface area contributed by atoms with Crippen LogP contribution in [0.4, 0.5) is 0 Å². The zero-order valence-corrected chi connectivity index (χ0v) is 23.9. The van der Waals surface area contributed by atoms with Crippen LogP contribution >= 0.6 is 23.2 Å². The normalized spacial score (nSPS) is 25.3. The van der Waals surface area contributed by atoms with Crippen molar-refractivity contribution >= 4 is 35.1 Å². The van der Waals surface area contributed by atoms with E-state index in [-0.39, 0.29) is 29.8 Å². The average Bonchev–Trinajstić information content (AvgIpc) is 2.90. The van der Waals surface area contributed by atoms with Crippen molar-refractivity contribution in [3.63, 3.8) is 0 Å². The average molecular weight is 560 g/mol. The molecule has 0 aromatic heterocycles. The Morgan fingerprint density at radius 3 is 2.66 bits per heavy atom. The van der Waals surface area contributed by atoms with Gasteiger partial charge in [-0.3, -0.25) is 14.5 Å². The van der Waals surface area contributed by atoms with Crippen LogP contribution in [0.2, 0.25) is 10.0 Å². The van der Waals surface area contributed by atoms with Crippen LogP contribution in [-0.2, 0) is 26.2 Å². The first-order valence-corrected chi connectivity index (χ1v) is 13.8. The van der Waals surface area contributed by atoms with Crippen LogP contribution in [0.5, 0.6) is 5.75 Å². The molecule has 3 atom stereocenters. The first kappa shape index (κ1) is 28.6. The standard InChI is InChI=1S/C30H36Cl2N2O4/c1-5-14-34-15-13-29(23-7-6-8-25(18-23)38-21(2)35)19-24(11-12-30(29,20-34)37-4)33(3)28(36)17-22-9-10-26(31)27(32)16-22/h5-10,16,18,24H,1,11-15,17,19-20H2,2-4H3/t24-,29+,30+/m1/s1. The van der Waals surface area contributed by atoms with Crippen molar-refractivity contribution in [2.75, 3.05) is 33.8 Å². The van der Waals surface area contributed by atoms with E-state index in [9.17, 15) is 9.59 Å². The van der Waals surface area contributed by atoms with Gasteiger partial charge in [0.2, 0.25) is 5.91 Å². The number of methoxy groups -OCH3 is 1. The summed E-state index contributed by atoms with van der Waals surface area (Å²) < 4.78 is 11.9. The van der Waals surface area contributed by atoms with Gasteiger partial charge in [0.25, 0.3) is 0 Å². The fraction of sp³-hybridized carbons (Fsp3) is 0.467. The molecule has 2 fully saturated rings. The number of fused-ring (bicyclic) bond motifs is 1. The summed E-state index contributed by atoms with van der Waals surface area (Å²) >= 11 is 12.2. The Morgan fingerprint density at radius 1 is 1.18 bits per heavy atom. The van der Waals surface area contributed by atoms with E-state index < -0.39 is 5.60 Å². The molecule has 2 aliphatic rings. The number of halogens is 2. The summed E-state index contributed by atoms with van der Waals surface area (Å²) in [6.45, 7) is 7.77. The Bertz CT molecular complexity index is 1200. The van der Waals surface area contributed by atoms with Crippen molar-refractivity contribution in [1.29, 1.82) is 0 Å². The van der Waals surface area contributed by atoms with Gasteiger partial charge in [-0.05, 0) is 67.6 Å². The number of benzene rings is 2. The Labute approximate surface area is 235 Å². The minimum Gasteiger partial charge on any atom is -0.427 e. The second-order valence-corrected chi connectivity index (χ2v) is 11.3. The smallest absolute Gasteiger partial charge is 0.308 e. The predicted molar refractivity (Wildman–Crippen MR) is 151 cm³/mol. The van der Waals surface area contributed by atoms with Crippen LogP contribution in [-0.4, -0.2) is 67.1 Å². The summed E-state index contributed by atoms with van der Waals surface area (Å²) in [6.07, 6.45) is 5.40. The molecule has 0 spiro atoms. The molecule has 2 aromatic rings. The molecule has 1 aliphatic heterocycles. The number of piperidine rings is 1. The lowest BCUT2D eigenvalue weighted by atomic mass is 9.55. The number of hydrogen-bond acceptors (Lipinski definition) is 5. The third kappa shape index (κ3) is 5.64. The molecule has 0 N–H and O–H groups in total. The van der Waals surface area contributed by atoms with Gasteiger partial charge in [0.05, 0.1) is 22.1 Å². The van der Waals surface area contributed by atoms with Gasteiger partial charge in [-0.2, -0.15) is 0 Å². The minimum absolute atomic E-state index is 0.0249. The van der Waals surface area contributed by atoms with Gasteiger partial charge in [0.1, 0.15) is 5.75 Å². The molecule has 0 radical (unpaired) electrons. The number of likely N-dealkylation sites (tertiary alicyclic amines) is 1. The van der Waals surface area contributed by atoms with Crippen LogP contribution in [0, 0.1) is 0 Å². The van der Waals surface area contributed by atoms with Crippen LogP contribution < -0.4 is 4.74 Å².